The fraction of sp³-hybridized carbons (Fsp3) is 0.308. The number of halogens is 1. The molecule has 0 fully saturated rings. The molecular weight excluding hydrogens is 409 g/mol. The number of carboxylic acid groups (broad SMARTS) is 1. The molecule has 0 saturated heterocycles. The van der Waals surface area contributed by atoms with Gasteiger partial charge in [0.1, 0.15) is 17.1 Å². The van der Waals surface area contributed by atoms with Crippen LogP contribution < -0.4 is 10.2 Å². The van der Waals surface area contributed by atoms with Crippen molar-refractivity contribution in [1.29, 1.82) is 0 Å². The standard InChI is InChI=1S/C26H24FNO4/c1-26(2,3)23-11-18-16-8-9-32-24(16)17(14-4-6-15(27)7-5-14)10-19(18)21-12-22(29)20(25(30)31)13-28(21)23/h4-7,10,12-13,23H,8-9,11H2,1-3H3,(H,30,31)/t23-/m0/s1. The molecule has 2 aliphatic rings. The van der Waals surface area contributed by atoms with E-state index in [9.17, 15) is 19.1 Å². The first kappa shape index (κ1) is 20.5. The highest BCUT2D eigenvalue weighted by Gasteiger charge is 2.36. The number of rotatable bonds is 2. The predicted molar refractivity (Wildman–Crippen MR) is 120 cm³/mol. The lowest BCUT2D eigenvalue weighted by molar-refractivity contribution is 0.0693. The van der Waals surface area contributed by atoms with Crippen LogP contribution in [0.1, 0.15) is 48.3 Å². The van der Waals surface area contributed by atoms with Crippen LogP contribution in [0.4, 0.5) is 4.39 Å². The van der Waals surface area contributed by atoms with Gasteiger partial charge >= 0.3 is 5.97 Å². The summed E-state index contributed by atoms with van der Waals surface area (Å²) in [5, 5.41) is 9.53. The summed E-state index contributed by atoms with van der Waals surface area (Å²) in [6.45, 7) is 6.93. The molecule has 5 nitrogen and oxygen atoms in total. The van der Waals surface area contributed by atoms with E-state index in [1.807, 2.05) is 10.6 Å². The molecule has 6 heteroatoms. The monoisotopic (exact) mass is 433 g/mol. The van der Waals surface area contributed by atoms with Crippen molar-refractivity contribution in [2.24, 2.45) is 5.41 Å². The molecule has 2 aromatic carbocycles. The normalized spacial score (nSPS) is 16.7. The second-order valence-electron chi connectivity index (χ2n) is 9.60. The molecule has 3 aromatic rings. The number of carbonyl (C=O) groups is 1. The molecule has 1 atom stereocenters. The van der Waals surface area contributed by atoms with Crippen LogP contribution in [0, 0.1) is 11.2 Å². The average Bonchev–Trinajstić information content (AvgIpc) is 3.22. The van der Waals surface area contributed by atoms with Crippen LogP contribution in [0.5, 0.6) is 5.75 Å². The average molecular weight is 433 g/mol. The number of nitrogens with zero attached hydrogens (tertiary/aromatic N) is 1. The van der Waals surface area contributed by atoms with E-state index in [1.165, 1.54) is 24.4 Å². The van der Waals surface area contributed by atoms with E-state index in [1.54, 1.807) is 12.1 Å². The first-order valence-electron chi connectivity index (χ1n) is 10.7. The number of hydrogen-bond donors (Lipinski definition) is 1. The maximum absolute atomic E-state index is 13.5. The Morgan fingerprint density at radius 3 is 2.50 bits per heavy atom. The van der Waals surface area contributed by atoms with E-state index in [0.717, 1.165) is 40.0 Å². The summed E-state index contributed by atoms with van der Waals surface area (Å²) in [6.07, 6.45) is 2.96. The molecule has 0 aliphatic carbocycles. The van der Waals surface area contributed by atoms with Gasteiger partial charge in [-0.15, -0.1) is 0 Å². The number of pyridine rings is 1. The van der Waals surface area contributed by atoms with Gasteiger partial charge in [0.05, 0.1) is 12.3 Å². The Balaban J connectivity index is 1.82. The van der Waals surface area contributed by atoms with Gasteiger partial charge in [-0.05, 0) is 41.2 Å². The fourth-order valence-corrected chi connectivity index (χ4v) is 4.95. The Morgan fingerprint density at radius 1 is 1.12 bits per heavy atom. The van der Waals surface area contributed by atoms with Gasteiger partial charge in [-0.25, -0.2) is 9.18 Å². The summed E-state index contributed by atoms with van der Waals surface area (Å²) in [6, 6.07) is 9.70. The van der Waals surface area contributed by atoms with Crippen molar-refractivity contribution in [1.82, 2.24) is 4.57 Å². The highest BCUT2D eigenvalue weighted by molar-refractivity contribution is 5.88. The number of carboxylic acids is 1. The largest absolute Gasteiger partial charge is 0.492 e. The van der Waals surface area contributed by atoms with Crippen LogP contribution in [-0.4, -0.2) is 22.2 Å². The predicted octanol–water partition coefficient (Wildman–Crippen LogP) is 5.10. The smallest absolute Gasteiger partial charge is 0.341 e. The molecule has 0 unspecified atom stereocenters. The molecular formula is C26H24FNO4. The Morgan fingerprint density at radius 2 is 1.84 bits per heavy atom. The van der Waals surface area contributed by atoms with Crippen LogP contribution in [0.3, 0.4) is 0 Å². The van der Waals surface area contributed by atoms with Gasteiger partial charge in [-0.3, -0.25) is 4.79 Å². The van der Waals surface area contributed by atoms with Crippen molar-refractivity contribution in [2.75, 3.05) is 6.61 Å². The summed E-state index contributed by atoms with van der Waals surface area (Å²) in [5.74, 6) is -0.713. The van der Waals surface area contributed by atoms with Crippen molar-refractivity contribution in [3.05, 3.63) is 75.3 Å². The Bertz CT molecular complexity index is 1320. The molecule has 32 heavy (non-hydrogen) atoms. The SMILES string of the molecule is CC(C)(C)[C@@H]1Cc2c(cc(-c3ccc(F)cc3)c3c2CCO3)-c2cc(=O)c(C(=O)O)cn21. The third kappa shape index (κ3) is 3.13. The van der Waals surface area contributed by atoms with Crippen LogP contribution in [-0.2, 0) is 12.8 Å². The zero-order chi connectivity index (χ0) is 22.8. The fourth-order valence-electron chi connectivity index (χ4n) is 4.95. The lowest BCUT2D eigenvalue weighted by atomic mass is 9.76. The zero-order valence-corrected chi connectivity index (χ0v) is 18.2. The van der Waals surface area contributed by atoms with Crippen LogP contribution in [0.2, 0.25) is 0 Å². The quantitative estimate of drug-likeness (QED) is 0.611. The summed E-state index contributed by atoms with van der Waals surface area (Å²) in [5.41, 5.74) is 4.66. The lowest BCUT2D eigenvalue weighted by Crippen LogP contribution is -2.33. The van der Waals surface area contributed by atoms with Gasteiger partial charge < -0.3 is 14.4 Å². The molecule has 0 saturated carbocycles. The maximum Gasteiger partial charge on any atom is 0.341 e. The van der Waals surface area contributed by atoms with Gasteiger partial charge in [0.25, 0.3) is 0 Å². The van der Waals surface area contributed by atoms with Gasteiger partial charge in [-0.2, -0.15) is 0 Å². The number of benzene rings is 2. The van der Waals surface area contributed by atoms with Gasteiger partial charge in [-0.1, -0.05) is 32.9 Å². The highest BCUT2D eigenvalue weighted by Crippen LogP contribution is 2.49. The third-order valence-electron chi connectivity index (χ3n) is 6.57. The number of aromatic nitrogens is 1. The molecule has 1 aromatic heterocycles. The first-order chi connectivity index (χ1) is 15.1. The second kappa shape index (κ2) is 7.05. The minimum absolute atomic E-state index is 0.0231. The van der Waals surface area contributed by atoms with Crippen LogP contribution in [0.25, 0.3) is 22.4 Å². The van der Waals surface area contributed by atoms with Gasteiger partial charge in [0.2, 0.25) is 0 Å². The van der Waals surface area contributed by atoms with Gasteiger partial charge in [0, 0.05) is 41.4 Å². The van der Waals surface area contributed by atoms with Crippen molar-refractivity contribution in [2.45, 2.75) is 39.7 Å². The van der Waals surface area contributed by atoms with E-state index in [-0.39, 0.29) is 22.8 Å². The Labute approximate surface area is 185 Å². The topological polar surface area (TPSA) is 68.5 Å². The Hall–Kier alpha value is -3.41. The van der Waals surface area contributed by atoms with E-state index in [2.05, 4.69) is 20.8 Å². The molecule has 0 spiro atoms. The third-order valence-corrected chi connectivity index (χ3v) is 6.57. The summed E-state index contributed by atoms with van der Waals surface area (Å²) in [4.78, 5) is 24.3. The van der Waals surface area contributed by atoms with Crippen LogP contribution in [0.15, 0.2) is 47.4 Å². The molecule has 0 radical (unpaired) electrons. The van der Waals surface area contributed by atoms with Crippen molar-refractivity contribution < 1.29 is 19.0 Å². The van der Waals surface area contributed by atoms with Crippen LogP contribution >= 0.6 is 0 Å². The molecule has 5 rings (SSSR count). The second-order valence-corrected chi connectivity index (χ2v) is 9.60. The molecule has 0 bridgehead atoms. The molecule has 1 N–H and O–H groups in total. The van der Waals surface area contributed by atoms with Crippen molar-refractivity contribution in [3.8, 4) is 28.1 Å². The zero-order valence-electron chi connectivity index (χ0n) is 18.2. The number of ether oxygens (including phenoxy) is 1. The maximum atomic E-state index is 13.5. The summed E-state index contributed by atoms with van der Waals surface area (Å²) < 4.78 is 21.5. The first-order valence-corrected chi connectivity index (χ1v) is 10.7. The van der Waals surface area contributed by atoms with E-state index >= 15 is 0 Å². The van der Waals surface area contributed by atoms with Crippen molar-refractivity contribution in [3.63, 3.8) is 0 Å². The molecule has 2 aliphatic heterocycles. The molecule has 3 heterocycles. The highest BCUT2D eigenvalue weighted by atomic mass is 19.1. The number of fused-ring (bicyclic) bond motifs is 5. The minimum atomic E-state index is -1.22. The lowest BCUT2D eigenvalue weighted by Gasteiger charge is -2.39. The van der Waals surface area contributed by atoms with Crippen molar-refractivity contribution >= 4 is 5.97 Å². The van der Waals surface area contributed by atoms with E-state index < -0.39 is 11.4 Å². The number of aromatic carboxylic acids is 1. The van der Waals surface area contributed by atoms with Gasteiger partial charge in [0.15, 0.2) is 5.43 Å². The summed E-state index contributed by atoms with van der Waals surface area (Å²) >= 11 is 0. The molecule has 0 amide bonds. The Kier molecular flexibility index (Phi) is 4.52. The minimum Gasteiger partial charge on any atom is -0.492 e. The van der Waals surface area contributed by atoms with E-state index in [0.29, 0.717) is 18.7 Å². The number of hydrogen-bond acceptors (Lipinski definition) is 3. The van der Waals surface area contributed by atoms with E-state index in [4.69, 9.17) is 4.74 Å². The summed E-state index contributed by atoms with van der Waals surface area (Å²) in [7, 11) is 0. The molecule has 164 valence electrons.